The van der Waals surface area contributed by atoms with Gasteiger partial charge in [0, 0.05) is 18.0 Å². The highest BCUT2D eigenvalue weighted by Gasteiger charge is 2.10. The Morgan fingerprint density at radius 1 is 1.19 bits per heavy atom. The van der Waals surface area contributed by atoms with Crippen LogP contribution in [0.1, 0.15) is 12.5 Å². The fraction of sp³-hybridized carbons (Fsp3) is 0.133. The van der Waals surface area contributed by atoms with E-state index in [2.05, 4.69) is 46.5 Å². The van der Waals surface area contributed by atoms with Crippen molar-refractivity contribution < 1.29 is 0 Å². The number of benzene rings is 1. The van der Waals surface area contributed by atoms with Gasteiger partial charge in [0.1, 0.15) is 5.52 Å². The second kappa shape index (κ2) is 4.31. The van der Waals surface area contributed by atoms with Gasteiger partial charge in [-0.25, -0.2) is 18.8 Å². The zero-order valence-electron chi connectivity index (χ0n) is 11.4. The average molecular weight is 279 g/mol. The van der Waals surface area contributed by atoms with E-state index in [0.717, 1.165) is 23.2 Å². The van der Waals surface area contributed by atoms with Crippen LogP contribution < -0.4 is 5.69 Å². The molecule has 3 aromatic heterocycles. The fourth-order valence-electron chi connectivity index (χ4n) is 2.48. The minimum Gasteiger partial charge on any atom is -0.247 e. The van der Waals surface area contributed by atoms with Gasteiger partial charge in [-0.05, 0) is 18.1 Å². The van der Waals surface area contributed by atoms with E-state index < -0.39 is 0 Å². The highest BCUT2D eigenvalue weighted by Crippen LogP contribution is 2.21. The lowest BCUT2D eigenvalue weighted by Gasteiger charge is -1.98. The molecule has 0 aliphatic rings. The largest absolute Gasteiger partial charge is 0.347 e. The summed E-state index contributed by atoms with van der Waals surface area (Å²) < 4.78 is 3.21. The van der Waals surface area contributed by atoms with Gasteiger partial charge in [0.05, 0.1) is 5.69 Å². The molecule has 21 heavy (non-hydrogen) atoms. The van der Waals surface area contributed by atoms with Crippen LogP contribution in [0, 0.1) is 0 Å². The molecule has 104 valence electrons. The molecule has 0 amide bonds. The van der Waals surface area contributed by atoms with Gasteiger partial charge in [-0.1, -0.05) is 31.2 Å². The van der Waals surface area contributed by atoms with E-state index in [1.54, 1.807) is 16.9 Å². The van der Waals surface area contributed by atoms with Crippen LogP contribution in [0.15, 0.2) is 47.5 Å². The van der Waals surface area contributed by atoms with Gasteiger partial charge in [-0.3, -0.25) is 0 Å². The Hall–Kier alpha value is -2.89. The molecule has 0 saturated heterocycles. The molecule has 0 radical (unpaired) electrons. The maximum absolute atomic E-state index is 11.6. The molecule has 1 aromatic carbocycles. The lowest BCUT2D eigenvalue weighted by Crippen LogP contribution is -2.09. The number of nitrogens with one attached hydrogen (secondary N) is 1. The summed E-state index contributed by atoms with van der Waals surface area (Å²) in [5, 5.41) is 11.0. The summed E-state index contributed by atoms with van der Waals surface area (Å²) in [4.78, 5) is 11.6. The van der Waals surface area contributed by atoms with E-state index in [0.29, 0.717) is 5.65 Å². The number of aromatic amines is 1. The Morgan fingerprint density at radius 2 is 2.00 bits per heavy atom. The number of rotatable bonds is 2. The van der Waals surface area contributed by atoms with Crippen molar-refractivity contribution in [2.75, 3.05) is 0 Å². The van der Waals surface area contributed by atoms with E-state index in [1.165, 1.54) is 9.96 Å². The molecule has 4 rings (SSSR count). The van der Waals surface area contributed by atoms with Crippen molar-refractivity contribution in [2.45, 2.75) is 13.3 Å². The molecule has 3 heterocycles. The zero-order chi connectivity index (χ0) is 14.4. The lowest BCUT2D eigenvalue weighted by atomic mass is 10.1. The van der Waals surface area contributed by atoms with Gasteiger partial charge in [-0.15, -0.1) is 0 Å². The SMILES string of the molecule is CCc1ccc(-c2cc3c4n[nH]c(=O)n4ccn3n2)cc1. The van der Waals surface area contributed by atoms with Crippen molar-refractivity contribution in [1.29, 1.82) is 0 Å². The van der Waals surface area contributed by atoms with Gasteiger partial charge in [0.15, 0.2) is 5.65 Å². The van der Waals surface area contributed by atoms with Crippen LogP contribution in [0.2, 0.25) is 0 Å². The molecule has 0 aliphatic carbocycles. The predicted octanol–water partition coefficient (Wildman–Crippen LogP) is 1.90. The van der Waals surface area contributed by atoms with Crippen LogP contribution >= 0.6 is 0 Å². The van der Waals surface area contributed by atoms with Gasteiger partial charge >= 0.3 is 5.69 Å². The van der Waals surface area contributed by atoms with E-state index in [9.17, 15) is 4.79 Å². The normalized spacial score (nSPS) is 11.5. The first-order valence-electron chi connectivity index (χ1n) is 6.80. The Morgan fingerprint density at radius 3 is 2.76 bits per heavy atom. The molecule has 0 bridgehead atoms. The van der Waals surface area contributed by atoms with Crippen LogP contribution in [0.25, 0.3) is 22.4 Å². The van der Waals surface area contributed by atoms with Gasteiger partial charge in [0.25, 0.3) is 0 Å². The highest BCUT2D eigenvalue weighted by molar-refractivity contribution is 5.76. The van der Waals surface area contributed by atoms with Gasteiger partial charge in [0.2, 0.25) is 0 Å². The Bertz CT molecular complexity index is 990. The van der Waals surface area contributed by atoms with Crippen molar-refractivity contribution in [2.24, 2.45) is 0 Å². The van der Waals surface area contributed by atoms with E-state index >= 15 is 0 Å². The smallest absolute Gasteiger partial charge is 0.247 e. The Balaban J connectivity index is 1.93. The molecule has 4 aromatic rings. The maximum atomic E-state index is 11.6. The first-order chi connectivity index (χ1) is 10.3. The third-order valence-corrected chi connectivity index (χ3v) is 3.68. The van der Waals surface area contributed by atoms with Crippen LogP contribution in [-0.4, -0.2) is 24.2 Å². The third-order valence-electron chi connectivity index (χ3n) is 3.68. The second-order valence-electron chi connectivity index (χ2n) is 4.93. The zero-order valence-corrected chi connectivity index (χ0v) is 11.4. The maximum Gasteiger partial charge on any atom is 0.347 e. The van der Waals surface area contributed by atoms with E-state index in [-0.39, 0.29) is 5.69 Å². The van der Waals surface area contributed by atoms with E-state index in [4.69, 9.17) is 0 Å². The monoisotopic (exact) mass is 279 g/mol. The molecule has 0 spiro atoms. The van der Waals surface area contributed by atoms with Crippen molar-refractivity contribution in [1.82, 2.24) is 24.2 Å². The number of aryl methyl sites for hydroxylation is 1. The first kappa shape index (κ1) is 11.9. The molecule has 0 fully saturated rings. The summed E-state index contributed by atoms with van der Waals surface area (Å²) >= 11 is 0. The molecule has 6 nitrogen and oxygen atoms in total. The van der Waals surface area contributed by atoms with Crippen LogP contribution in [0.3, 0.4) is 0 Å². The molecular formula is C15H13N5O. The second-order valence-corrected chi connectivity index (χ2v) is 4.93. The lowest BCUT2D eigenvalue weighted by molar-refractivity contribution is 0.936. The van der Waals surface area contributed by atoms with Crippen LogP contribution in [-0.2, 0) is 6.42 Å². The summed E-state index contributed by atoms with van der Waals surface area (Å²) in [7, 11) is 0. The Labute approximate surface area is 119 Å². The Kier molecular flexibility index (Phi) is 2.44. The molecule has 0 aliphatic heterocycles. The van der Waals surface area contributed by atoms with Crippen molar-refractivity contribution in [3.8, 4) is 11.3 Å². The highest BCUT2D eigenvalue weighted by atomic mass is 16.1. The van der Waals surface area contributed by atoms with Crippen molar-refractivity contribution in [3.05, 3.63) is 58.8 Å². The summed E-state index contributed by atoms with van der Waals surface area (Å²) in [6.45, 7) is 2.13. The molecule has 0 atom stereocenters. The first-order valence-corrected chi connectivity index (χ1v) is 6.80. The van der Waals surface area contributed by atoms with Crippen molar-refractivity contribution >= 4 is 11.2 Å². The molecule has 0 unspecified atom stereocenters. The fourth-order valence-corrected chi connectivity index (χ4v) is 2.48. The molecule has 6 heteroatoms. The van der Waals surface area contributed by atoms with E-state index in [1.807, 2.05) is 6.07 Å². The van der Waals surface area contributed by atoms with Crippen LogP contribution in [0.4, 0.5) is 0 Å². The standard InChI is InChI=1S/C15H13N5O/c1-2-10-3-5-11(6-4-10)12-9-13-14-16-17-15(21)19(14)7-8-20(13)18-12/h3-9H,2H2,1H3,(H,17,21). The quantitative estimate of drug-likeness (QED) is 0.609. The summed E-state index contributed by atoms with van der Waals surface area (Å²) in [6.07, 6.45) is 4.43. The number of fused-ring (bicyclic) bond motifs is 3. The number of nitrogens with zero attached hydrogens (tertiary/aromatic N) is 4. The average Bonchev–Trinajstić information content (AvgIpc) is 3.11. The minimum absolute atomic E-state index is 0.248. The molecule has 1 N–H and O–H groups in total. The topological polar surface area (TPSA) is 67.5 Å². The number of aromatic nitrogens is 5. The number of H-pyrrole nitrogens is 1. The molecular weight excluding hydrogens is 266 g/mol. The number of hydrogen-bond acceptors (Lipinski definition) is 3. The van der Waals surface area contributed by atoms with Crippen LogP contribution in [0.5, 0.6) is 0 Å². The molecule has 0 saturated carbocycles. The van der Waals surface area contributed by atoms with Gasteiger partial charge < -0.3 is 0 Å². The third kappa shape index (κ3) is 1.76. The summed E-state index contributed by atoms with van der Waals surface area (Å²) in [5.74, 6) is 0. The summed E-state index contributed by atoms with van der Waals surface area (Å²) in [5.41, 5.74) is 4.33. The summed E-state index contributed by atoms with van der Waals surface area (Å²) in [6, 6.07) is 10.3. The number of hydrogen-bond donors (Lipinski definition) is 1. The van der Waals surface area contributed by atoms with Crippen molar-refractivity contribution in [3.63, 3.8) is 0 Å². The predicted molar refractivity (Wildman–Crippen MR) is 79.4 cm³/mol. The van der Waals surface area contributed by atoms with Gasteiger partial charge in [-0.2, -0.15) is 10.2 Å². The minimum atomic E-state index is -0.248.